The van der Waals surface area contributed by atoms with Gasteiger partial charge in [-0.2, -0.15) is 0 Å². The van der Waals surface area contributed by atoms with Crippen molar-refractivity contribution in [3.05, 3.63) is 71.8 Å². The Morgan fingerprint density at radius 3 is 2.12 bits per heavy atom. The van der Waals surface area contributed by atoms with Gasteiger partial charge in [-0.3, -0.25) is 4.90 Å². The maximum atomic E-state index is 10.5. The molecule has 1 fully saturated rings. The summed E-state index contributed by atoms with van der Waals surface area (Å²) in [5.41, 5.74) is 2.59. The molecule has 1 atom stereocenters. The van der Waals surface area contributed by atoms with Crippen molar-refractivity contribution in [1.82, 2.24) is 4.90 Å². The number of piperidine rings is 1. The standard InChI is InChI=1S/C23H31NO2/c1-2-26-16-15-24-14-13-22(25)19-23(24,17-20-9-5-3-6-10-20)18-21-11-7-4-8-12-21/h3-12,22,25H,2,13-19H2,1H3. The van der Waals surface area contributed by atoms with Gasteiger partial charge >= 0.3 is 0 Å². The Kier molecular flexibility index (Phi) is 6.84. The van der Waals surface area contributed by atoms with Gasteiger partial charge in [-0.25, -0.2) is 0 Å². The second kappa shape index (κ2) is 9.31. The molecule has 26 heavy (non-hydrogen) atoms. The molecule has 0 aliphatic carbocycles. The van der Waals surface area contributed by atoms with E-state index < -0.39 is 0 Å². The van der Waals surface area contributed by atoms with Crippen molar-refractivity contribution in [1.29, 1.82) is 0 Å². The van der Waals surface area contributed by atoms with Crippen LogP contribution in [0.3, 0.4) is 0 Å². The zero-order valence-corrected chi connectivity index (χ0v) is 15.8. The molecule has 3 heteroatoms. The highest BCUT2D eigenvalue weighted by atomic mass is 16.5. The third kappa shape index (κ3) is 4.94. The van der Waals surface area contributed by atoms with Crippen molar-refractivity contribution in [3.63, 3.8) is 0 Å². The lowest BCUT2D eigenvalue weighted by Crippen LogP contribution is -2.58. The van der Waals surface area contributed by atoms with Crippen LogP contribution in [-0.4, -0.2) is 48.0 Å². The predicted octanol–water partition coefficient (Wildman–Crippen LogP) is 3.70. The molecule has 0 saturated carbocycles. The third-order valence-corrected chi connectivity index (χ3v) is 5.48. The summed E-state index contributed by atoms with van der Waals surface area (Å²) < 4.78 is 5.65. The van der Waals surface area contributed by atoms with E-state index in [1.165, 1.54) is 11.1 Å². The van der Waals surface area contributed by atoms with Gasteiger partial charge in [0.1, 0.15) is 0 Å². The smallest absolute Gasteiger partial charge is 0.0593 e. The third-order valence-electron chi connectivity index (χ3n) is 5.48. The summed E-state index contributed by atoms with van der Waals surface area (Å²) in [6.07, 6.45) is 3.32. The maximum Gasteiger partial charge on any atom is 0.0593 e. The van der Waals surface area contributed by atoms with Gasteiger partial charge in [0.25, 0.3) is 0 Å². The molecule has 1 heterocycles. The number of ether oxygens (including phenoxy) is 1. The molecule has 2 aromatic carbocycles. The van der Waals surface area contributed by atoms with Crippen LogP contribution in [0.1, 0.15) is 30.9 Å². The topological polar surface area (TPSA) is 32.7 Å². The van der Waals surface area contributed by atoms with Crippen LogP contribution < -0.4 is 0 Å². The molecule has 0 aromatic heterocycles. The molecule has 1 aliphatic heterocycles. The minimum Gasteiger partial charge on any atom is -0.393 e. The van der Waals surface area contributed by atoms with Gasteiger partial charge in [0.2, 0.25) is 0 Å². The SMILES string of the molecule is CCOCCN1CCC(O)CC1(Cc1ccccc1)Cc1ccccc1. The molecular formula is C23H31NO2. The molecule has 0 spiro atoms. The Balaban J connectivity index is 1.89. The molecule has 1 saturated heterocycles. The number of benzene rings is 2. The van der Waals surface area contributed by atoms with Gasteiger partial charge in [-0.1, -0.05) is 60.7 Å². The van der Waals surface area contributed by atoms with E-state index in [4.69, 9.17) is 4.74 Å². The summed E-state index contributed by atoms with van der Waals surface area (Å²) in [5.74, 6) is 0. The highest BCUT2D eigenvalue weighted by Gasteiger charge is 2.41. The van der Waals surface area contributed by atoms with Crippen molar-refractivity contribution >= 4 is 0 Å². The number of aliphatic hydroxyl groups excluding tert-OH is 1. The first kappa shape index (κ1) is 19.1. The van der Waals surface area contributed by atoms with E-state index >= 15 is 0 Å². The summed E-state index contributed by atoms with van der Waals surface area (Å²) in [4.78, 5) is 2.56. The second-order valence-corrected chi connectivity index (χ2v) is 7.38. The quantitative estimate of drug-likeness (QED) is 0.735. The van der Waals surface area contributed by atoms with Crippen LogP contribution in [0.2, 0.25) is 0 Å². The van der Waals surface area contributed by atoms with Gasteiger partial charge in [0, 0.05) is 25.2 Å². The molecule has 1 N–H and O–H groups in total. The monoisotopic (exact) mass is 353 g/mol. The van der Waals surface area contributed by atoms with Crippen LogP contribution in [0, 0.1) is 0 Å². The first-order valence-electron chi connectivity index (χ1n) is 9.80. The Morgan fingerprint density at radius 1 is 1.00 bits per heavy atom. The molecule has 1 aliphatic rings. The van der Waals surface area contributed by atoms with Crippen molar-refractivity contribution in [2.75, 3.05) is 26.3 Å². The largest absolute Gasteiger partial charge is 0.393 e. The number of aliphatic hydroxyl groups is 1. The van der Waals surface area contributed by atoms with E-state index in [9.17, 15) is 5.11 Å². The van der Waals surface area contributed by atoms with Crippen LogP contribution in [0.25, 0.3) is 0 Å². The number of rotatable bonds is 8. The van der Waals surface area contributed by atoms with Gasteiger partial charge in [0.15, 0.2) is 0 Å². The lowest BCUT2D eigenvalue weighted by molar-refractivity contribution is -0.0349. The maximum absolute atomic E-state index is 10.5. The molecule has 2 aromatic rings. The molecular weight excluding hydrogens is 322 g/mol. The fourth-order valence-electron chi connectivity index (χ4n) is 4.26. The molecule has 0 radical (unpaired) electrons. The van der Waals surface area contributed by atoms with E-state index in [1.54, 1.807) is 0 Å². The lowest BCUT2D eigenvalue weighted by atomic mass is 9.76. The van der Waals surface area contributed by atoms with E-state index in [1.807, 2.05) is 6.92 Å². The second-order valence-electron chi connectivity index (χ2n) is 7.38. The highest BCUT2D eigenvalue weighted by Crippen LogP contribution is 2.35. The normalized spacial score (nSPS) is 20.2. The molecule has 0 bridgehead atoms. The van der Waals surface area contributed by atoms with Crippen LogP contribution in [0.5, 0.6) is 0 Å². The van der Waals surface area contributed by atoms with Gasteiger partial charge in [-0.15, -0.1) is 0 Å². The number of nitrogens with zero attached hydrogens (tertiary/aromatic N) is 1. The molecule has 3 nitrogen and oxygen atoms in total. The van der Waals surface area contributed by atoms with Crippen molar-refractivity contribution in [3.8, 4) is 0 Å². The van der Waals surface area contributed by atoms with Crippen molar-refractivity contribution < 1.29 is 9.84 Å². The summed E-state index contributed by atoms with van der Waals surface area (Å²) in [7, 11) is 0. The minimum absolute atomic E-state index is 0.0719. The number of hydrogen-bond donors (Lipinski definition) is 1. The fourth-order valence-corrected chi connectivity index (χ4v) is 4.26. The Bertz CT molecular complexity index is 602. The lowest BCUT2D eigenvalue weighted by Gasteiger charge is -2.49. The minimum atomic E-state index is -0.231. The Labute approximate surface area is 157 Å². The van der Waals surface area contributed by atoms with Crippen LogP contribution in [-0.2, 0) is 17.6 Å². The van der Waals surface area contributed by atoms with Crippen LogP contribution in [0.15, 0.2) is 60.7 Å². The van der Waals surface area contributed by atoms with Gasteiger partial charge in [0.05, 0.1) is 12.7 Å². The molecule has 3 rings (SSSR count). The zero-order valence-electron chi connectivity index (χ0n) is 15.8. The number of hydrogen-bond acceptors (Lipinski definition) is 3. The van der Waals surface area contributed by atoms with E-state index in [0.717, 1.165) is 52.0 Å². The van der Waals surface area contributed by atoms with Crippen molar-refractivity contribution in [2.45, 2.75) is 44.2 Å². The van der Waals surface area contributed by atoms with Crippen molar-refractivity contribution in [2.24, 2.45) is 0 Å². The summed E-state index contributed by atoms with van der Waals surface area (Å²) in [5, 5.41) is 10.5. The summed E-state index contributed by atoms with van der Waals surface area (Å²) in [6, 6.07) is 21.4. The van der Waals surface area contributed by atoms with Gasteiger partial charge < -0.3 is 9.84 Å². The molecule has 1 unspecified atom stereocenters. The number of likely N-dealkylation sites (tertiary alicyclic amines) is 1. The van der Waals surface area contributed by atoms with Crippen LogP contribution >= 0.6 is 0 Å². The fraction of sp³-hybridized carbons (Fsp3) is 0.478. The average molecular weight is 354 g/mol. The Hall–Kier alpha value is -1.68. The predicted molar refractivity (Wildman–Crippen MR) is 106 cm³/mol. The Morgan fingerprint density at radius 2 is 1.58 bits per heavy atom. The highest BCUT2D eigenvalue weighted by molar-refractivity contribution is 5.24. The average Bonchev–Trinajstić information content (AvgIpc) is 2.65. The molecule has 140 valence electrons. The van der Waals surface area contributed by atoms with Gasteiger partial charge in [-0.05, 0) is 43.7 Å². The molecule has 0 amide bonds. The first-order valence-corrected chi connectivity index (χ1v) is 9.80. The van der Waals surface area contributed by atoms with E-state index in [0.29, 0.717) is 0 Å². The zero-order chi connectivity index (χ0) is 18.2. The van der Waals surface area contributed by atoms with E-state index in [2.05, 4.69) is 65.6 Å². The van der Waals surface area contributed by atoms with E-state index in [-0.39, 0.29) is 11.6 Å². The first-order chi connectivity index (χ1) is 12.7. The van der Waals surface area contributed by atoms with Crippen LogP contribution in [0.4, 0.5) is 0 Å². The summed E-state index contributed by atoms with van der Waals surface area (Å²) >= 11 is 0. The summed E-state index contributed by atoms with van der Waals surface area (Å²) in [6.45, 7) is 5.38.